The molecule has 1 aromatic heterocycles. The summed E-state index contributed by atoms with van der Waals surface area (Å²) in [5.41, 5.74) is 0. The molecule has 1 amide bonds. The van der Waals surface area contributed by atoms with Gasteiger partial charge in [0.25, 0.3) is 5.91 Å². The highest BCUT2D eigenvalue weighted by atomic mass is 16.5. The van der Waals surface area contributed by atoms with Crippen LogP contribution in [0.1, 0.15) is 29.9 Å². The molecule has 2 saturated heterocycles. The number of nitrogens with one attached hydrogen (secondary N) is 1. The third kappa shape index (κ3) is 2.58. The second-order valence-electron chi connectivity index (χ2n) is 6.58. The smallest absolute Gasteiger partial charge is 0.287 e. The molecule has 0 bridgehead atoms. The zero-order valence-electron chi connectivity index (χ0n) is 12.4. The molecule has 6 heteroatoms. The van der Waals surface area contributed by atoms with E-state index in [1.54, 1.807) is 17.0 Å². The normalized spacial score (nSPS) is 32.9. The summed E-state index contributed by atoms with van der Waals surface area (Å²) in [6.45, 7) is 2.79. The van der Waals surface area contributed by atoms with Gasteiger partial charge < -0.3 is 14.6 Å². The molecule has 2 aliphatic heterocycles. The summed E-state index contributed by atoms with van der Waals surface area (Å²) in [4.78, 5) is 18.8. The topological polar surface area (TPSA) is 59.4 Å². The Kier molecular flexibility index (Phi) is 3.23. The second kappa shape index (κ2) is 5.10. The van der Waals surface area contributed by atoms with Gasteiger partial charge in [0.2, 0.25) is 0 Å². The van der Waals surface area contributed by atoms with Crippen molar-refractivity contribution >= 4 is 5.91 Å². The van der Waals surface area contributed by atoms with E-state index in [4.69, 9.17) is 4.74 Å². The lowest BCUT2D eigenvalue weighted by molar-refractivity contribution is -0.0581. The van der Waals surface area contributed by atoms with E-state index in [2.05, 4.69) is 15.2 Å². The van der Waals surface area contributed by atoms with Crippen LogP contribution in [0, 0.1) is 5.92 Å². The summed E-state index contributed by atoms with van der Waals surface area (Å²) in [7, 11) is 1.84. The summed E-state index contributed by atoms with van der Waals surface area (Å²) < 4.78 is 7.74. The Morgan fingerprint density at radius 2 is 2.29 bits per heavy atom. The fourth-order valence-corrected chi connectivity index (χ4v) is 3.59. The lowest BCUT2D eigenvalue weighted by Gasteiger charge is -2.35. The fourth-order valence-electron chi connectivity index (χ4n) is 3.59. The molecule has 0 radical (unpaired) electrons. The zero-order chi connectivity index (χ0) is 14.4. The average molecular weight is 290 g/mol. The van der Waals surface area contributed by atoms with Gasteiger partial charge in [-0.05, 0) is 25.2 Å². The third-order valence-corrected chi connectivity index (χ3v) is 4.95. The number of amides is 1. The number of carbonyl (C=O) groups is 1. The van der Waals surface area contributed by atoms with Gasteiger partial charge in [0, 0.05) is 44.6 Å². The van der Waals surface area contributed by atoms with Gasteiger partial charge in [0.15, 0.2) is 5.82 Å². The summed E-state index contributed by atoms with van der Waals surface area (Å²) in [6, 6.07) is 0.674. The molecule has 1 saturated carbocycles. The second-order valence-corrected chi connectivity index (χ2v) is 6.58. The van der Waals surface area contributed by atoms with E-state index in [0.717, 1.165) is 32.0 Å². The zero-order valence-corrected chi connectivity index (χ0v) is 12.4. The van der Waals surface area contributed by atoms with Crippen LogP contribution >= 0.6 is 0 Å². The molecule has 3 heterocycles. The van der Waals surface area contributed by atoms with Gasteiger partial charge in [-0.15, -0.1) is 0 Å². The van der Waals surface area contributed by atoms with Gasteiger partial charge in [-0.25, -0.2) is 4.98 Å². The van der Waals surface area contributed by atoms with Crippen LogP contribution in [-0.2, 0) is 11.8 Å². The van der Waals surface area contributed by atoms with Gasteiger partial charge in [-0.1, -0.05) is 0 Å². The monoisotopic (exact) mass is 290 g/mol. The molecule has 6 nitrogen and oxygen atoms in total. The summed E-state index contributed by atoms with van der Waals surface area (Å²) in [5.74, 6) is 1.19. The molecule has 4 rings (SSSR count). The van der Waals surface area contributed by atoms with Crippen LogP contribution in [0.4, 0.5) is 0 Å². The maximum Gasteiger partial charge on any atom is 0.287 e. The Hall–Kier alpha value is -1.40. The van der Waals surface area contributed by atoms with Crippen molar-refractivity contribution in [2.24, 2.45) is 13.0 Å². The van der Waals surface area contributed by atoms with Gasteiger partial charge in [0.1, 0.15) is 0 Å². The fraction of sp³-hybridized carbons (Fsp3) is 0.733. The van der Waals surface area contributed by atoms with Gasteiger partial charge in [-0.3, -0.25) is 9.69 Å². The SMILES string of the molecule is Cn1ccnc1C(=O)N[C@H]1C[C@H]2CO[C@H](C3CC3)CN2C1. The third-order valence-electron chi connectivity index (χ3n) is 4.95. The summed E-state index contributed by atoms with van der Waals surface area (Å²) >= 11 is 0. The van der Waals surface area contributed by atoms with Crippen molar-refractivity contribution in [1.29, 1.82) is 0 Å². The van der Waals surface area contributed by atoms with Crippen LogP contribution in [0.25, 0.3) is 0 Å². The highest BCUT2D eigenvalue weighted by Crippen LogP contribution is 2.37. The van der Waals surface area contributed by atoms with Crippen molar-refractivity contribution in [3.8, 4) is 0 Å². The van der Waals surface area contributed by atoms with E-state index in [1.807, 2.05) is 7.05 Å². The van der Waals surface area contributed by atoms with Crippen molar-refractivity contribution in [2.75, 3.05) is 19.7 Å². The quantitative estimate of drug-likeness (QED) is 0.875. The minimum Gasteiger partial charge on any atom is -0.375 e. The first-order chi connectivity index (χ1) is 10.2. The van der Waals surface area contributed by atoms with E-state index < -0.39 is 0 Å². The number of carbonyl (C=O) groups excluding carboxylic acids is 1. The van der Waals surface area contributed by atoms with Crippen LogP contribution in [0.2, 0.25) is 0 Å². The van der Waals surface area contributed by atoms with E-state index in [0.29, 0.717) is 18.0 Å². The van der Waals surface area contributed by atoms with Crippen molar-refractivity contribution in [3.63, 3.8) is 0 Å². The molecule has 3 fully saturated rings. The minimum absolute atomic E-state index is 0.0768. The highest BCUT2D eigenvalue weighted by molar-refractivity contribution is 5.91. The van der Waals surface area contributed by atoms with E-state index in [-0.39, 0.29) is 11.9 Å². The largest absolute Gasteiger partial charge is 0.375 e. The number of fused-ring (bicyclic) bond motifs is 1. The van der Waals surface area contributed by atoms with Crippen molar-refractivity contribution in [1.82, 2.24) is 19.8 Å². The first-order valence-corrected chi connectivity index (χ1v) is 7.84. The van der Waals surface area contributed by atoms with Gasteiger partial charge in [0.05, 0.1) is 12.7 Å². The van der Waals surface area contributed by atoms with Crippen molar-refractivity contribution < 1.29 is 9.53 Å². The molecular formula is C15H22N4O2. The average Bonchev–Trinajstić information content (AvgIpc) is 3.10. The number of nitrogens with zero attached hydrogens (tertiary/aromatic N) is 3. The minimum atomic E-state index is -0.0768. The molecule has 0 unspecified atom stereocenters. The lowest BCUT2D eigenvalue weighted by Crippen LogP contribution is -2.47. The number of hydrogen-bond donors (Lipinski definition) is 1. The summed E-state index contributed by atoms with van der Waals surface area (Å²) in [5, 5.41) is 3.12. The standard InChI is InChI=1S/C15H22N4O2/c1-18-5-4-16-14(18)15(20)17-11-6-12-9-21-13(10-2-3-10)8-19(12)7-11/h4-5,10-13H,2-3,6-9H2,1H3,(H,17,20)/t11-,12-,13-/m0/s1. The predicted octanol–water partition coefficient (Wildman–Crippen LogP) is 0.402. The molecule has 1 N–H and O–H groups in total. The van der Waals surface area contributed by atoms with E-state index >= 15 is 0 Å². The first-order valence-electron chi connectivity index (χ1n) is 7.84. The number of imidazole rings is 1. The van der Waals surface area contributed by atoms with E-state index in [1.165, 1.54) is 12.8 Å². The van der Waals surface area contributed by atoms with Crippen molar-refractivity contribution in [3.05, 3.63) is 18.2 Å². The molecule has 0 spiro atoms. The molecule has 21 heavy (non-hydrogen) atoms. The first kappa shape index (κ1) is 13.3. The molecule has 3 atom stereocenters. The lowest BCUT2D eigenvalue weighted by atomic mass is 10.1. The number of aromatic nitrogens is 2. The number of hydrogen-bond acceptors (Lipinski definition) is 4. The van der Waals surface area contributed by atoms with Gasteiger partial charge >= 0.3 is 0 Å². The highest BCUT2D eigenvalue weighted by Gasteiger charge is 2.42. The molecule has 114 valence electrons. The van der Waals surface area contributed by atoms with Gasteiger partial charge in [-0.2, -0.15) is 0 Å². The Bertz CT molecular complexity index is 540. The number of ether oxygens (including phenoxy) is 1. The molecule has 0 aromatic carbocycles. The Morgan fingerprint density at radius 1 is 1.43 bits per heavy atom. The molecule has 1 aromatic rings. The number of rotatable bonds is 3. The number of morpholine rings is 1. The maximum absolute atomic E-state index is 12.2. The molecule has 3 aliphatic rings. The number of aryl methyl sites for hydroxylation is 1. The van der Waals surface area contributed by atoms with Crippen LogP contribution in [0.5, 0.6) is 0 Å². The predicted molar refractivity (Wildman–Crippen MR) is 76.9 cm³/mol. The summed E-state index contributed by atoms with van der Waals surface area (Å²) in [6.07, 6.45) is 7.49. The van der Waals surface area contributed by atoms with Crippen LogP contribution in [-0.4, -0.2) is 58.2 Å². The van der Waals surface area contributed by atoms with E-state index in [9.17, 15) is 4.79 Å². The van der Waals surface area contributed by atoms with Crippen LogP contribution in [0.15, 0.2) is 12.4 Å². The maximum atomic E-state index is 12.2. The molecule has 1 aliphatic carbocycles. The van der Waals surface area contributed by atoms with Crippen LogP contribution in [0.3, 0.4) is 0 Å². The van der Waals surface area contributed by atoms with Crippen LogP contribution < -0.4 is 5.32 Å². The van der Waals surface area contributed by atoms with Crippen molar-refractivity contribution in [2.45, 2.75) is 37.5 Å². The Balaban J connectivity index is 1.36. The molecular weight excluding hydrogens is 268 g/mol. The Labute approximate surface area is 124 Å². The Morgan fingerprint density at radius 3 is 3.00 bits per heavy atom.